The van der Waals surface area contributed by atoms with Gasteiger partial charge in [-0.3, -0.25) is 4.79 Å². The normalized spacial score (nSPS) is 17.2. The predicted octanol–water partition coefficient (Wildman–Crippen LogP) is 1.34. The SMILES string of the molecule is CC(C)=NNC(=O)[C@H]1COc2ccccc2O1. The molecule has 0 saturated carbocycles. The lowest BCUT2D eigenvalue weighted by Gasteiger charge is -2.24. The van der Waals surface area contributed by atoms with Crippen LogP contribution in [0.25, 0.3) is 0 Å². The summed E-state index contributed by atoms with van der Waals surface area (Å²) in [7, 11) is 0. The predicted molar refractivity (Wildman–Crippen MR) is 63.3 cm³/mol. The molecule has 0 spiro atoms. The zero-order chi connectivity index (χ0) is 12.3. The molecular weight excluding hydrogens is 220 g/mol. The maximum absolute atomic E-state index is 11.7. The van der Waals surface area contributed by atoms with Crippen LogP contribution in [0, 0.1) is 0 Å². The molecule has 90 valence electrons. The molecule has 0 bridgehead atoms. The van der Waals surface area contributed by atoms with E-state index in [1.807, 2.05) is 12.1 Å². The van der Waals surface area contributed by atoms with E-state index in [2.05, 4.69) is 10.5 Å². The molecule has 5 heteroatoms. The van der Waals surface area contributed by atoms with Gasteiger partial charge in [-0.1, -0.05) is 12.1 Å². The number of nitrogens with one attached hydrogen (secondary N) is 1. The fourth-order valence-electron chi connectivity index (χ4n) is 1.39. The van der Waals surface area contributed by atoms with Gasteiger partial charge in [0.1, 0.15) is 6.61 Å². The van der Waals surface area contributed by atoms with Crippen LogP contribution in [-0.2, 0) is 4.79 Å². The Hall–Kier alpha value is -2.04. The second kappa shape index (κ2) is 4.86. The van der Waals surface area contributed by atoms with Crippen LogP contribution in [0.15, 0.2) is 29.4 Å². The summed E-state index contributed by atoms with van der Waals surface area (Å²) in [5, 5.41) is 3.84. The summed E-state index contributed by atoms with van der Waals surface area (Å²) in [6, 6.07) is 7.26. The van der Waals surface area contributed by atoms with Crippen LogP contribution >= 0.6 is 0 Å². The lowest BCUT2D eigenvalue weighted by Crippen LogP contribution is -2.42. The van der Waals surface area contributed by atoms with Crippen LogP contribution in [0.5, 0.6) is 11.5 Å². The molecule has 1 amide bonds. The first-order valence-electron chi connectivity index (χ1n) is 5.36. The molecule has 0 aromatic heterocycles. The monoisotopic (exact) mass is 234 g/mol. The number of carbonyl (C=O) groups is 1. The van der Waals surface area contributed by atoms with Gasteiger partial charge in [-0.15, -0.1) is 0 Å². The fourth-order valence-corrected chi connectivity index (χ4v) is 1.39. The maximum atomic E-state index is 11.7. The molecule has 1 N–H and O–H groups in total. The van der Waals surface area contributed by atoms with E-state index in [1.165, 1.54) is 0 Å². The Morgan fingerprint density at radius 3 is 2.76 bits per heavy atom. The van der Waals surface area contributed by atoms with E-state index in [9.17, 15) is 4.79 Å². The number of hydrazone groups is 1. The van der Waals surface area contributed by atoms with Gasteiger partial charge in [0, 0.05) is 5.71 Å². The van der Waals surface area contributed by atoms with Crippen molar-refractivity contribution in [2.45, 2.75) is 20.0 Å². The van der Waals surface area contributed by atoms with Crippen LogP contribution in [0.4, 0.5) is 0 Å². The molecule has 0 aliphatic carbocycles. The van der Waals surface area contributed by atoms with Crippen molar-refractivity contribution in [1.82, 2.24) is 5.43 Å². The molecular formula is C12H14N2O3. The Bertz CT molecular complexity index is 453. The van der Waals surface area contributed by atoms with Crippen LogP contribution in [0.1, 0.15) is 13.8 Å². The van der Waals surface area contributed by atoms with E-state index in [4.69, 9.17) is 9.47 Å². The topological polar surface area (TPSA) is 59.9 Å². The number of para-hydroxylation sites is 2. The van der Waals surface area contributed by atoms with Crippen molar-refractivity contribution in [3.63, 3.8) is 0 Å². The van der Waals surface area contributed by atoms with Crippen LogP contribution in [0.3, 0.4) is 0 Å². The van der Waals surface area contributed by atoms with Crippen molar-refractivity contribution in [2.75, 3.05) is 6.61 Å². The standard InChI is InChI=1S/C12H14N2O3/c1-8(2)13-14-12(15)11-7-16-9-5-3-4-6-10(9)17-11/h3-6,11H,7H2,1-2H3,(H,14,15)/t11-/m1/s1. The molecule has 1 aliphatic heterocycles. The zero-order valence-electron chi connectivity index (χ0n) is 9.77. The van der Waals surface area contributed by atoms with Crippen molar-refractivity contribution in [3.05, 3.63) is 24.3 Å². The number of nitrogens with zero attached hydrogens (tertiary/aromatic N) is 1. The van der Waals surface area contributed by atoms with Gasteiger partial charge in [0.25, 0.3) is 5.91 Å². The number of ether oxygens (including phenoxy) is 2. The molecule has 2 rings (SSSR count). The second-order valence-corrected chi connectivity index (χ2v) is 3.90. The largest absolute Gasteiger partial charge is 0.485 e. The van der Waals surface area contributed by atoms with Gasteiger partial charge in [0.05, 0.1) is 0 Å². The molecule has 0 fully saturated rings. The van der Waals surface area contributed by atoms with Crippen LogP contribution < -0.4 is 14.9 Å². The number of hydrogen-bond donors (Lipinski definition) is 1. The summed E-state index contributed by atoms with van der Waals surface area (Å²) in [6.07, 6.45) is -0.659. The Labute approximate surface area is 99.4 Å². The third-order valence-corrected chi connectivity index (χ3v) is 2.19. The van der Waals surface area contributed by atoms with Gasteiger partial charge in [0.15, 0.2) is 11.5 Å². The highest BCUT2D eigenvalue weighted by Crippen LogP contribution is 2.30. The van der Waals surface area contributed by atoms with Crippen molar-refractivity contribution < 1.29 is 14.3 Å². The lowest BCUT2D eigenvalue weighted by atomic mass is 10.2. The zero-order valence-corrected chi connectivity index (χ0v) is 9.77. The summed E-state index contributed by atoms with van der Waals surface area (Å²) in [6.45, 7) is 3.79. The summed E-state index contributed by atoms with van der Waals surface area (Å²) in [4.78, 5) is 11.7. The maximum Gasteiger partial charge on any atom is 0.284 e. The average molecular weight is 234 g/mol. The molecule has 1 aliphatic rings. The summed E-state index contributed by atoms with van der Waals surface area (Å²) in [5.41, 5.74) is 3.20. The number of hydrogen-bond acceptors (Lipinski definition) is 4. The summed E-state index contributed by atoms with van der Waals surface area (Å²) in [5.74, 6) is 0.934. The third-order valence-electron chi connectivity index (χ3n) is 2.19. The Kier molecular flexibility index (Phi) is 3.27. The molecule has 1 heterocycles. The molecule has 1 atom stereocenters. The first-order chi connectivity index (χ1) is 8.16. The molecule has 17 heavy (non-hydrogen) atoms. The highest BCUT2D eigenvalue weighted by Gasteiger charge is 2.26. The lowest BCUT2D eigenvalue weighted by molar-refractivity contribution is -0.130. The number of rotatable bonds is 2. The van der Waals surface area contributed by atoms with Gasteiger partial charge >= 0.3 is 0 Å². The van der Waals surface area contributed by atoms with E-state index < -0.39 is 6.10 Å². The number of fused-ring (bicyclic) bond motifs is 1. The van der Waals surface area contributed by atoms with E-state index in [0.29, 0.717) is 11.5 Å². The van der Waals surface area contributed by atoms with Crippen molar-refractivity contribution in [3.8, 4) is 11.5 Å². The van der Waals surface area contributed by atoms with Gasteiger partial charge in [-0.05, 0) is 26.0 Å². The molecule has 0 radical (unpaired) electrons. The molecule has 1 aromatic carbocycles. The minimum absolute atomic E-state index is 0.196. The third kappa shape index (κ3) is 2.75. The highest BCUT2D eigenvalue weighted by atomic mass is 16.6. The van der Waals surface area contributed by atoms with E-state index in [1.54, 1.807) is 26.0 Å². The first-order valence-corrected chi connectivity index (χ1v) is 5.36. The van der Waals surface area contributed by atoms with Crippen molar-refractivity contribution in [2.24, 2.45) is 5.10 Å². The Morgan fingerprint density at radius 1 is 1.35 bits per heavy atom. The minimum Gasteiger partial charge on any atom is -0.485 e. The van der Waals surface area contributed by atoms with Gasteiger partial charge in [0.2, 0.25) is 6.10 Å². The van der Waals surface area contributed by atoms with Crippen molar-refractivity contribution in [1.29, 1.82) is 0 Å². The van der Waals surface area contributed by atoms with Crippen molar-refractivity contribution >= 4 is 11.6 Å². The highest BCUT2D eigenvalue weighted by molar-refractivity contribution is 5.85. The second-order valence-electron chi connectivity index (χ2n) is 3.90. The molecule has 1 aromatic rings. The summed E-state index contributed by atoms with van der Waals surface area (Å²) < 4.78 is 10.9. The van der Waals surface area contributed by atoms with Gasteiger partial charge < -0.3 is 9.47 Å². The molecule has 5 nitrogen and oxygen atoms in total. The summed E-state index contributed by atoms with van der Waals surface area (Å²) >= 11 is 0. The first kappa shape index (κ1) is 11.4. The molecule has 0 unspecified atom stereocenters. The van der Waals surface area contributed by atoms with E-state index in [0.717, 1.165) is 5.71 Å². The Balaban J connectivity index is 2.02. The molecule has 0 saturated heterocycles. The average Bonchev–Trinajstić information content (AvgIpc) is 2.35. The number of carbonyl (C=O) groups excluding carboxylic acids is 1. The van der Waals surface area contributed by atoms with Gasteiger partial charge in [-0.25, -0.2) is 5.43 Å². The van der Waals surface area contributed by atoms with Crippen LogP contribution in [0.2, 0.25) is 0 Å². The number of benzene rings is 1. The minimum atomic E-state index is -0.659. The van der Waals surface area contributed by atoms with Crippen LogP contribution in [-0.4, -0.2) is 24.3 Å². The number of amides is 1. The smallest absolute Gasteiger partial charge is 0.284 e. The Morgan fingerprint density at radius 2 is 2.06 bits per heavy atom. The van der Waals surface area contributed by atoms with Gasteiger partial charge in [-0.2, -0.15) is 5.10 Å². The van der Waals surface area contributed by atoms with E-state index in [-0.39, 0.29) is 12.5 Å². The van der Waals surface area contributed by atoms with E-state index >= 15 is 0 Å². The fraction of sp³-hybridized carbons (Fsp3) is 0.333. The quantitative estimate of drug-likeness (QED) is 0.620.